The van der Waals surface area contributed by atoms with Gasteiger partial charge in [-0.3, -0.25) is 0 Å². The maximum Gasteiger partial charge on any atom is 0.416 e. The van der Waals surface area contributed by atoms with Gasteiger partial charge >= 0.3 is 12.4 Å². The number of halogens is 6. The third kappa shape index (κ3) is 5.11. The molecule has 4 rings (SSSR count). The molecule has 0 aliphatic carbocycles. The van der Waals surface area contributed by atoms with Crippen LogP contribution >= 0.6 is 0 Å². The summed E-state index contributed by atoms with van der Waals surface area (Å²) in [4.78, 5) is 0. The molecular formula is C27H18F6. The second kappa shape index (κ2) is 8.43. The summed E-state index contributed by atoms with van der Waals surface area (Å²) in [6.07, 6.45) is -9.01. The van der Waals surface area contributed by atoms with Crippen LogP contribution in [-0.2, 0) is 12.4 Å². The average Bonchev–Trinajstić information content (AvgIpc) is 2.78. The topological polar surface area (TPSA) is 0 Å². The molecule has 168 valence electrons. The summed E-state index contributed by atoms with van der Waals surface area (Å²) in [6, 6.07) is 22.5. The van der Waals surface area contributed by atoms with Crippen molar-refractivity contribution in [2.45, 2.75) is 19.3 Å². The van der Waals surface area contributed by atoms with Crippen molar-refractivity contribution in [3.8, 4) is 33.4 Å². The van der Waals surface area contributed by atoms with Crippen LogP contribution in [0.1, 0.15) is 16.7 Å². The van der Waals surface area contributed by atoms with E-state index in [0.29, 0.717) is 27.8 Å². The third-order valence-electron chi connectivity index (χ3n) is 5.33. The zero-order chi connectivity index (χ0) is 23.8. The Morgan fingerprint density at radius 3 is 1.15 bits per heavy atom. The Labute approximate surface area is 187 Å². The molecule has 0 aromatic heterocycles. The van der Waals surface area contributed by atoms with Crippen LogP contribution in [-0.4, -0.2) is 0 Å². The molecule has 0 atom stereocenters. The van der Waals surface area contributed by atoms with E-state index in [1.807, 2.05) is 31.2 Å². The molecule has 0 radical (unpaired) electrons. The van der Waals surface area contributed by atoms with Crippen molar-refractivity contribution in [2.24, 2.45) is 0 Å². The smallest absolute Gasteiger partial charge is 0.166 e. The second-order valence-electron chi connectivity index (χ2n) is 7.83. The third-order valence-corrected chi connectivity index (χ3v) is 5.33. The van der Waals surface area contributed by atoms with Gasteiger partial charge in [0.1, 0.15) is 0 Å². The number of alkyl halides is 6. The fourth-order valence-electron chi connectivity index (χ4n) is 3.70. The van der Waals surface area contributed by atoms with Gasteiger partial charge in [-0.1, -0.05) is 54.1 Å². The quantitative estimate of drug-likeness (QED) is 0.270. The Morgan fingerprint density at radius 2 is 0.788 bits per heavy atom. The lowest BCUT2D eigenvalue weighted by Crippen LogP contribution is -2.04. The fourth-order valence-corrected chi connectivity index (χ4v) is 3.70. The highest BCUT2D eigenvalue weighted by Crippen LogP contribution is 2.37. The van der Waals surface area contributed by atoms with Crippen molar-refractivity contribution < 1.29 is 26.3 Å². The predicted molar refractivity (Wildman–Crippen MR) is 117 cm³/mol. The van der Waals surface area contributed by atoms with E-state index in [0.717, 1.165) is 35.4 Å². The SMILES string of the molecule is Cc1cccc(-c2cc(-c3cccc(C(F)(F)F)c3)cc(-c3cccc(C(F)(F)F)c3)c2)c1. The number of hydrogen-bond donors (Lipinski definition) is 0. The first-order valence-electron chi connectivity index (χ1n) is 10.1. The first-order chi connectivity index (χ1) is 15.5. The van der Waals surface area contributed by atoms with Gasteiger partial charge in [0.25, 0.3) is 0 Å². The van der Waals surface area contributed by atoms with E-state index in [4.69, 9.17) is 0 Å². The van der Waals surface area contributed by atoms with Crippen LogP contribution in [0, 0.1) is 6.92 Å². The minimum absolute atomic E-state index is 0.326. The first-order valence-corrected chi connectivity index (χ1v) is 10.1. The standard InChI is InChI=1S/C27H18F6/c1-17-5-2-6-18(11-17)21-12-22(19-7-3-9-24(15-19)26(28,29)30)14-23(13-21)20-8-4-10-25(16-20)27(31,32)33/h2-16H,1H3. The molecule has 0 fully saturated rings. The van der Waals surface area contributed by atoms with E-state index < -0.39 is 23.5 Å². The van der Waals surface area contributed by atoms with E-state index in [-0.39, 0.29) is 0 Å². The lowest BCUT2D eigenvalue weighted by Gasteiger charge is -2.14. The summed E-state index contributed by atoms with van der Waals surface area (Å²) in [7, 11) is 0. The van der Waals surface area contributed by atoms with Crippen LogP contribution in [0.25, 0.3) is 33.4 Å². The maximum atomic E-state index is 13.3. The highest BCUT2D eigenvalue weighted by Gasteiger charge is 2.31. The fraction of sp³-hybridized carbons (Fsp3) is 0.111. The Morgan fingerprint density at radius 1 is 0.424 bits per heavy atom. The molecule has 33 heavy (non-hydrogen) atoms. The van der Waals surface area contributed by atoms with Crippen molar-refractivity contribution in [3.05, 3.63) is 108 Å². The summed E-state index contributed by atoms with van der Waals surface area (Å²) in [5.74, 6) is 0. The number of hydrogen-bond acceptors (Lipinski definition) is 0. The van der Waals surface area contributed by atoms with Crippen LogP contribution in [0.15, 0.2) is 91.0 Å². The molecule has 0 spiro atoms. The summed E-state index contributed by atoms with van der Waals surface area (Å²) < 4.78 is 79.6. The summed E-state index contributed by atoms with van der Waals surface area (Å²) in [5.41, 5.74) is 2.53. The Bertz CT molecular complexity index is 1220. The molecular weight excluding hydrogens is 438 g/mol. The predicted octanol–water partition coefficient (Wildman–Crippen LogP) is 9.03. The monoisotopic (exact) mass is 456 g/mol. The molecule has 0 aliphatic rings. The van der Waals surface area contributed by atoms with Gasteiger partial charge in [-0.2, -0.15) is 26.3 Å². The summed E-state index contributed by atoms with van der Waals surface area (Å²) >= 11 is 0. The lowest BCUT2D eigenvalue weighted by molar-refractivity contribution is -0.138. The van der Waals surface area contributed by atoms with Gasteiger partial charge in [-0.25, -0.2) is 0 Å². The van der Waals surface area contributed by atoms with Crippen molar-refractivity contribution in [3.63, 3.8) is 0 Å². The maximum absolute atomic E-state index is 13.3. The van der Waals surface area contributed by atoms with Gasteiger partial charge in [0, 0.05) is 0 Å². The van der Waals surface area contributed by atoms with Crippen LogP contribution < -0.4 is 0 Å². The zero-order valence-electron chi connectivity index (χ0n) is 17.4. The Hall–Kier alpha value is -3.54. The van der Waals surface area contributed by atoms with Crippen molar-refractivity contribution >= 4 is 0 Å². The van der Waals surface area contributed by atoms with Gasteiger partial charge in [0.15, 0.2) is 0 Å². The highest BCUT2D eigenvalue weighted by atomic mass is 19.4. The molecule has 0 amide bonds. The number of aryl methyl sites for hydroxylation is 1. The molecule has 0 aliphatic heterocycles. The molecule has 0 heterocycles. The van der Waals surface area contributed by atoms with E-state index >= 15 is 0 Å². The summed E-state index contributed by atoms with van der Waals surface area (Å²) in [5, 5.41) is 0. The molecule has 4 aromatic carbocycles. The van der Waals surface area contributed by atoms with Crippen molar-refractivity contribution in [1.29, 1.82) is 0 Å². The largest absolute Gasteiger partial charge is 0.416 e. The van der Waals surface area contributed by atoms with E-state index in [1.54, 1.807) is 30.3 Å². The minimum atomic E-state index is -4.51. The Balaban J connectivity index is 1.92. The molecule has 0 nitrogen and oxygen atoms in total. The minimum Gasteiger partial charge on any atom is -0.166 e. The van der Waals surface area contributed by atoms with Gasteiger partial charge in [0.05, 0.1) is 11.1 Å². The van der Waals surface area contributed by atoms with Crippen molar-refractivity contribution in [1.82, 2.24) is 0 Å². The van der Waals surface area contributed by atoms with E-state index in [9.17, 15) is 26.3 Å². The molecule has 0 unspecified atom stereocenters. The first kappa shape index (κ1) is 22.6. The molecule has 4 aromatic rings. The lowest BCUT2D eigenvalue weighted by atomic mass is 9.92. The Kier molecular flexibility index (Phi) is 5.78. The van der Waals surface area contributed by atoms with E-state index in [2.05, 4.69) is 0 Å². The van der Waals surface area contributed by atoms with Crippen molar-refractivity contribution in [2.75, 3.05) is 0 Å². The normalized spacial score (nSPS) is 12.1. The average molecular weight is 456 g/mol. The highest BCUT2D eigenvalue weighted by molar-refractivity contribution is 5.81. The number of benzene rings is 4. The molecule has 0 N–H and O–H groups in total. The van der Waals surface area contributed by atoms with Crippen LogP contribution in [0.5, 0.6) is 0 Å². The van der Waals surface area contributed by atoms with Gasteiger partial charge in [-0.15, -0.1) is 0 Å². The zero-order valence-corrected chi connectivity index (χ0v) is 17.4. The van der Waals surface area contributed by atoms with Crippen LogP contribution in [0.3, 0.4) is 0 Å². The molecule has 0 saturated heterocycles. The van der Waals surface area contributed by atoms with Gasteiger partial charge < -0.3 is 0 Å². The molecule has 0 saturated carbocycles. The van der Waals surface area contributed by atoms with Gasteiger partial charge in [0.2, 0.25) is 0 Å². The summed E-state index contributed by atoms with van der Waals surface area (Å²) in [6.45, 7) is 1.91. The molecule has 6 heteroatoms. The van der Waals surface area contributed by atoms with Crippen LogP contribution in [0.4, 0.5) is 26.3 Å². The molecule has 0 bridgehead atoms. The van der Waals surface area contributed by atoms with E-state index in [1.165, 1.54) is 12.1 Å². The second-order valence-corrected chi connectivity index (χ2v) is 7.83. The number of rotatable bonds is 3. The van der Waals surface area contributed by atoms with Crippen LogP contribution in [0.2, 0.25) is 0 Å². The van der Waals surface area contributed by atoms with Gasteiger partial charge in [-0.05, 0) is 82.8 Å².